The Hall–Kier alpha value is -2.86. The van der Waals surface area contributed by atoms with Crippen molar-refractivity contribution in [3.8, 4) is 0 Å². The minimum Gasteiger partial charge on any atom is -0.371 e. The quantitative estimate of drug-likeness (QED) is 0.611. The molecule has 0 aliphatic carbocycles. The Labute approximate surface area is 183 Å². The lowest BCUT2D eigenvalue weighted by Crippen LogP contribution is -2.42. The number of anilines is 2. The largest absolute Gasteiger partial charge is 0.371 e. The third kappa shape index (κ3) is 4.44. The van der Waals surface area contributed by atoms with Crippen LogP contribution in [-0.4, -0.2) is 49.0 Å². The number of piperidine rings is 1. The maximum Gasteiger partial charge on any atom is 0.272 e. The van der Waals surface area contributed by atoms with Crippen LogP contribution in [0.25, 0.3) is 10.9 Å². The summed E-state index contributed by atoms with van der Waals surface area (Å²) in [5.41, 5.74) is 5.03. The first-order chi connectivity index (χ1) is 14.9. The maximum atomic E-state index is 14.1. The van der Waals surface area contributed by atoms with Gasteiger partial charge in [-0.05, 0) is 81.7 Å². The molecule has 2 heterocycles. The van der Waals surface area contributed by atoms with Crippen molar-refractivity contribution in [2.24, 2.45) is 0 Å². The molecular weight excluding hydrogens is 391 g/mol. The van der Waals surface area contributed by atoms with Gasteiger partial charge in [-0.15, -0.1) is 0 Å². The molecule has 0 atom stereocenters. The normalized spacial score (nSPS) is 15.1. The van der Waals surface area contributed by atoms with Gasteiger partial charge in [-0.3, -0.25) is 4.79 Å². The summed E-state index contributed by atoms with van der Waals surface area (Å²) in [6.07, 6.45) is 3.15. The number of benzene rings is 2. The molecule has 2 aromatic carbocycles. The van der Waals surface area contributed by atoms with Crippen molar-refractivity contribution in [2.75, 3.05) is 37.4 Å². The molecule has 164 valence electrons. The number of amides is 1. The number of nitrogens with one attached hydrogen (secondary N) is 2. The SMILES string of the molecule is CCc1cc(NC(=O)c2cc3c(F)ccc(C)c3[nH]2)cc(N2CCC(N(C)C)CC2)c1. The van der Waals surface area contributed by atoms with Gasteiger partial charge in [0, 0.05) is 35.9 Å². The smallest absolute Gasteiger partial charge is 0.272 e. The molecule has 2 N–H and O–H groups in total. The van der Waals surface area contributed by atoms with E-state index in [1.165, 1.54) is 11.6 Å². The van der Waals surface area contributed by atoms with E-state index in [9.17, 15) is 9.18 Å². The van der Waals surface area contributed by atoms with Crippen LogP contribution in [0.1, 0.15) is 41.4 Å². The van der Waals surface area contributed by atoms with Crippen LogP contribution in [0.5, 0.6) is 0 Å². The molecule has 1 amide bonds. The number of aromatic amines is 1. The van der Waals surface area contributed by atoms with Gasteiger partial charge >= 0.3 is 0 Å². The first-order valence-corrected chi connectivity index (χ1v) is 11.0. The van der Waals surface area contributed by atoms with Crippen molar-refractivity contribution >= 4 is 28.2 Å². The molecule has 1 fully saturated rings. The Balaban J connectivity index is 1.56. The standard InChI is InChI=1S/C25H31FN4O/c1-5-17-12-18(14-20(13-17)30-10-8-19(9-11-30)29(3)4)27-25(31)23-15-21-22(26)7-6-16(2)24(21)28-23/h6-7,12-15,19,28H,5,8-11H2,1-4H3,(H,27,31). The Morgan fingerprint density at radius 1 is 1.19 bits per heavy atom. The van der Waals surface area contributed by atoms with Crippen molar-refractivity contribution in [2.45, 2.75) is 39.2 Å². The number of carbonyl (C=O) groups excluding carboxylic acids is 1. The van der Waals surface area contributed by atoms with Crippen LogP contribution in [0.2, 0.25) is 0 Å². The fourth-order valence-electron chi connectivity index (χ4n) is 4.42. The predicted molar refractivity (Wildman–Crippen MR) is 126 cm³/mol. The van der Waals surface area contributed by atoms with E-state index in [2.05, 4.69) is 47.2 Å². The third-order valence-corrected chi connectivity index (χ3v) is 6.40. The summed E-state index contributed by atoms with van der Waals surface area (Å²) in [6, 6.07) is 11.6. The summed E-state index contributed by atoms with van der Waals surface area (Å²) in [5, 5.41) is 3.45. The van der Waals surface area contributed by atoms with Gasteiger partial charge in [0.1, 0.15) is 11.5 Å². The minimum atomic E-state index is -0.327. The Bertz CT molecular complexity index is 1060. The summed E-state index contributed by atoms with van der Waals surface area (Å²) in [6.45, 7) is 6.02. The van der Waals surface area contributed by atoms with Gasteiger partial charge in [0.2, 0.25) is 0 Å². The van der Waals surface area contributed by atoms with Crippen LogP contribution in [0.3, 0.4) is 0 Å². The monoisotopic (exact) mass is 422 g/mol. The summed E-state index contributed by atoms with van der Waals surface area (Å²) >= 11 is 0. The molecular formula is C25H31FN4O. The van der Waals surface area contributed by atoms with Crippen molar-refractivity contribution in [1.29, 1.82) is 0 Å². The number of fused-ring (bicyclic) bond motifs is 1. The summed E-state index contributed by atoms with van der Waals surface area (Å²) < 4.78 is 14.1. The summed E-state index contributed by atoms with van der Waals surface area (Å²) in [4.78, 5) is 20.7. The van der Waals surface area contributed by atoms with Gasteiger partial charge in [0.15, 0.2) is 0 Å². The zero-order valence-corrected chi connectivity index (χ0v) is 18.8. The molecule has 0 unspecified atom stereocenters. The van der Waals surface area contributed by atoms with Gasteiger partial charge < -0.3 is 20.1 Å². The Kier molecular flexibility index (Phi) is 6.01. The van der Waals surface area contributed by atoms with Gasteiger partial charge in [-0.1, -0.05) is 13.0 Å². The fraction of sp³-hybridized carbons (Fsp3) is 0.400. The molecule has 5 nitrogen and oxygen atoms in total. The Morgan fingerprint density at radius 2 is 1.94 bits per heavy atom. The molecule has 1 aromatic heterocycles. The van der Waals surface area contributed by atoms with E-state index in [0.717, 1.165) is 49.3 Å². The highest BCUT2D eigenvalue weighted by Crippen LogP contribution is 2.28. The molecule has 6 heteroatoms. The van der Waals surface area contributed by atoms with Crippen LogP contribution in [0.4, 0.5) is 15.8 Å². The minimum absolute atomic E-state index is 0.263. The second-order valence-corrected chi connectivity index (χ2v) is 8.71. The summed E-state index contributed by atoms with van der Waals surface area (Å²) in [5.74, 6) is -0.590. The average molecular weight is 423 g/mol. The van der Waals surface area contributed by atoms with E-state index in [-0.39, 0.29) is 11.7 Å². The van der Waals surface area contributed by atoms with Crippen LogP contribution >= 0.6 is 0 Å². The molecule has 0 spiro atoms. The highest BCUT2D eigenvalue weighted by Gasteiger charge is 2.21. The van der Waals surface area contributed by atoms with Gasteiger partial charge in [0.25, 0.3) is 5.91 Å². The topological polar surface area (TPSA) is 51.4 Å². The first-order valence-electron chi connectivity index (χ1n) is 11.0. The highest BCUT2D eigenvalue weighted by molar-refractivity contribution is 6.06. The lowest BCUT2D eigenvalue weighted by molar-refractivity contribution is 0.102. The number of hydrogen-bond acceptors (Lipinski definition) is 3. The zero-order valence-electron chi connectivity index (χ0n) is 18.8. The predicted octanol–water partition coefficient (Wildman–Crippen LogP) is 4.96. The Morgan fingerprint density at radius 3 is 2.58 bits per heavy atom. The van der Waals surface area contributed by atoms with Crippen molar-refractivity contribution in [3.05, 3.63) is 59.0 Å². The second kappa shape index (κ2) is 8.71. The van der Waals surface area contributed by atoms with Crippen LogP contribution in [-0.2, 0) is 6.42 Å². The van der Waals surface area contributed by atoms with E-state index in [4.69, 9.17) is 0 Å². The number of aryl methyl sites for hydroxylation is 2. The third-order valence-electron chi connectivity index (χ3n) is 6.40. The molecule has 1 aliphatic rings. The number of rotatable bonds is 5. The molecule has 1 aliphatic heterocycles. The molecule has 0 bridgehead atoms. The van der Waals surface area contributed by atoms with E-state index < -0.39 is 0 Å². The van der Waals surface area contributed by atoms with Crippen LogP contribution in [0, 0.1) is 12.7 Å². The van der Waals surface area contributed by atoms with E-state index in [1.54, 1.807) is 12.1 Å². The lowest BCUT2D eigenvalue weighted by Gasteiger charge is -2.36. The van der Waals surface area contributed by atoms with Gasteiger partial charge in [0.05, 0.1) is 5.52 Å². The molecule has 4 rings (SSSR count). The van der Waals surface area contributed by atoms with Crippen molar-refractivity contribution < 1.29 is 9.18 Å². The number of nitrogens with zero attached hydrogens (tertiary/aromatic N) is 2. The fourth-order valence-corrected chi connectivity index (χ4v) is 4.42. The molecule has 0 radical (unpaired) electrons. The number of hydrogen-bond donors (Lipinski definition) is 2. The van der Waals surface area contributed by atoms with E-state index >= 15 is 0 Å². The van der Waals surface area contributed by atoms with E-state index in [0.29, 0.717) is 22.6 Å². The maximum absolute atomic E-state index is 14.1. The van der Waals surface area contributed by atoms with Crippen LogP contribution in [0.15, 0.2) is 36.4 Å². The number of H-pyrrole nitrogens is 1. The van der Waals surface area contributed by atoms with Crippen molar-refractivity contribution in [1.82, 2.24) is 9.88 Å². The van der Waals surface area contributed by atoms with Crippen molar-refractivity contribution in [3.63, 3.8) is 0 Å². The summed E-state index contributed by atoms with van der Waals surface area (Å²) in [7, 11) is 4.28. The highest BCUT2D eigenvalue weighted by atomic mass is 19.1. The average Bonchev–Trinajstić information content (AvgIpc) is 3.23. The van der Waals surface area contributed by atoms with E-state index in [1.807, 2.05) is 19.1 Å². The van der Waals surface area contributed by atoms with Crippen LogP contribution < -0.4 is 10.2 Å². The second-order valence-electron chi connectivity index (χ2n) is 8.71. The first kappa shape index (κ1) is 21.4. The molecule has 1 saturated heterocycles. The lowest BCUT2D eigenvalue weighted by atomic mass is 10.0. The van der Waals surface area contributed by atoms with Gasteiger partial charge in [-0.2, -0.15) is 0 Å². The molecule has 3 aromatic rings. The zero-order chi connectivity index (χ0) is 22.1. The molecule has 31 heavy (non-hydrogen) atoms. The number of aromatic nitrogens is 1. The molecule has 0 saturated carbocycles. The number of halogens is 1. The number of carbonyl (C=O) groups is 1. The van der Waals surface area contributed by atoms with Gasteiger partial charge in [-0.25, -0.2) is 4.39 Å².